The predicted molar refractivity (Wildman–Crippen MR) is 70.3 cm³/mol. The summed E-state index contributed by atoms with van der Waals surface area (Å²) in [4.78, 5) is 4.05. The average Bonchev–Trinajstić information content (AvgIpc) is 2.66. The molecule has 0 aromatic carbocycles. The van der Waals surface area contributed by atoms with Gasteiger partial charge < -0.3 is 0 Å². The van der Waals surface area contributed by atoms with Gasteiger partial charge in [-0.1, -0.05) is 31.5 Å². The van der Waals surface area contributed by atoms with Crippen molar-refractivity contribution in [3.63, 3.8) is 0 Å². The summed E-state index contributed by atoms with van der Waals surface area (Å²) in [7, 11) is -3.61. The number of halogens is 1. The maximum atomic E-state index is 12.5. The highest BCUT2D eigenvalue weighted by Crippen LogP contribution is 2.25. The molecule has 0 aliphatic carbocycles. The third kappa shape index (κ3) is 2.00. The van der Waals surface area contributed by atoms with Gasteiger partial charge in [0.25, 0.3) is 10.0 Å². The van der Waals surface area contributed by atoms with Crippen LogP contribution in [0.3, 0.4) is 0 Å². The van der Waals surface area contributed by atoms with Crippen LogP contribution in [0.15, 0.2) is 29.4 Å². The average molecular weight is 288 g/mol. The molecule has 0 unspecified atom stereocenters. The fourth-order valence-electron chi connectivity index (χ4n) is 1.86. The second kappa shape index (κ2) is 4.87. The molecule has 7 heteroatoms. The van der Waals surface area contributed by atoms with E-state index in [0.29, 0.717) is 18.7 Å². The number of hydrogen-bond donors (Lipinski definition) is 0. The summed E-state index contributed by atoms with van der Waals surface area (Å²) in [6.45, 7) is 4.38. The molecule has 98 valence electrons. The van der Waals surface area contributed by atoms with Crippen LogP contribution in [0.1, 0.15) is 13.8 Å². The van der Waals surface area contributed by atoms with Crippen molar-refractivity contribution in [3.05, 3.63) is 29.5 Å². The van der Waals surface area contributed by atoms with E-state index in [-0.39, 0.29) is 10.2 Å². The van der Waals surface area contributed by atoms with E-state index in [4.69, 9.17) is 11.6 Å². The molecule has 2 heterocycles. The number of hydrogen-bond acceptors (Lipinski definition) is 3. The van der Waals surface area contributed by atoms with Gasteiger partial charge in [-0.05, 0) is 12.1 Å². The molecule has 0 saturated heterocycles. The summed E-state index contributed by atoms with van der Waals surface area (Å²) in [5.41, 5.74) is 0.522. The summed E-state index contributed by atoms with van der Waals surface area (Å²) >= 11 is 5.97. The van der Waals surface area contributed by atoms with Gasteiger partial charge in [0.15, 0.2) is 10.2 Å². The summed E-state index contributed by atoms with van der Waals surface area (Å²) in [5, 5.41) is 0.0385. The molecule has 0 saturated carbocycles. The minimum atomic E-state index is -3.61. The third-order valence-corrected chi connectivity index (χ3v) is 5.19. The fourth-order valence-corrected chi connectivity index (χ4v) is 3.92. The Morgan fingerprint density at radius 3 is 2.61 bits per heavy atom. The summed E-state index contributed by atoms with van der Waals surface area (Å²) in [6.07, 6.45) is 1.64. The number of rotatable bonds is 4. The van der Waals surface area contributed by atoms with E-state index < -0.39 is 10.0 Å². The Kier molecular flexibility index (Phi) is 3.61. The lowest BCUT2D eigenvalue weighted by Crippen LogP contribution is -2.31. The van der Waals surface area contributed by atoms with Crippen molar-refractivity contribution >= 4 is 27.3 Å². The van der Waals surface area contributed by atoms with Crippen LogP contribution in [0.2, 0.25) is 5.15 Å². The summed E-state index contributed by atoms with van der Waals surface area (Å²) in [5.74, 6) is 0. The summed E-state index contributed by atoms with van der Waals surface area (Å²) < 4.78 is 27.8. The monoisotopic (exact) mass is 287 g/mol. The molecule has 0 aliphatic rings. The Balaban J connectivity index is 2.71. The van der Waals surface area contributed by atoms with Crippen LogP contribution in [0.4, 0.5) is 0 Å². The zero-order valence-corrected chi connectivity index (χ0v) is 11.7. The van der Waals surface area contributed by atoms with E-state index >= 15 is 0 Å². The third-order valence-electron chi connectivity index (χ3n) is 2.74. The molecule has 0 amide bonds. The molecule has 2 aromatic rings. The molecule has 2 rings (SSSR count). The number of fused-ring (bicyclic) bond motifs is 1. The number of nitrogens with zero attached hydrogens (tertiary/aromatic N) is 3. The van der Waals surface area contributed by atoms with Gasteiger partial charge >= 0.3 is 0 Å². The molecule has 0 bridgehead atoms. The number of sulfonamides is 1. The number of pyridine rings is 1. The second-order valence-corrected chi connectivity index (χ2v) is 5.94. The normalized spacial score (nSPS) is 12.4. The van der Waals surface area contributed by atoms with E-state index in [9.17, 15) is 8.42 Å². The van der Waals surface area contributed by atoms with Crippen molar-refractivity contribution in [1.82, 2.24) is 13.7 Å². The highest BCUT2D eigenvalue weighted by Gasteiger charge is 2.28. The quantitative estimate of drug-likeness (QED) is 0.864. The first-order valence-electron chi connectivity index (χ1n) is 5.65. The predicted octanol–water partition coefficient (Wildman–Crippen LogP) is 2.02. The highest BCUT2D eigenvalue weighted by molar-refractivity contribution is 7.89. The second-order valence-electron chi connectivity index (χ2n) is 3.73. The van der Waals surface area contributed by atoms with Gasteiger partial charge in [-0.15, -0.1) is 0 Å². The zero-order valence-electron chi connectivity index (χ0n) is 10.2. The van der Waals surface area contributed by atoms with Crippen molar-refractivity contribution in [2.75, 3.05) is 13.1 Å². The van der Waals surface area contributed by atoms with Gasteiger partial charge in [0.05, 0.1) is 0 Å². The molecule has 0 atom stereocenters. The highest BCUT2D eigenvalue weighted by atomic mass is 35.5. The molecule has 5 nitrogen and oxygen atoms in total. The van der Waals surface area contributed by atoms with Crippen LogP contribution in [0, 0.1) is 0 Å². The molecular weight excluding hydrogens is 274 g/mol. The van der Waals surface area contributed by atoms with Gasteiger partial charge in [0, 0.05) is 19.3 Å². The van der Waals surface area contributed by atoms with Crippen LogP contribution >= 0.6 is 11.6 Å². The minimum absolute atomic E-state index is 0.00750. The summed E-state index contributed by atoms with van der Waals surface area (Å²) in [6, 6.07) is 5.24. The van der Waals surface area contributed by atoms with E-state index in [1.807, 2.05) is 0 Å². The standard InChI is InChI=1S/C11H14ClN3O2S/c1-3-14(4-2)18(16,17)11-10(12)13-9-7-5-6-8-15(9)11/h5-8H,3-4H2,1-2H3. The Morgan fingerprint density at radius 1 is 1.33 bits per heavy atom. The molecule has 2 aromatic heterocycles. The van der Waals surface area contributed by atoms with Crippen LogP contribution in [-0.2, 0) is 10.0 Å². The van der Waals surface area contributed by atoms with E-state index in [2.05, 4.69) is 4.98 Å². The van der Waals surface area contributed by atoms with Gasteiger partial charge in [0.1, 0.15) is 5.65 Å². The lowest BCUT2D eigenvalue weighted by Gasteiger charge is -2.17. The van der Waals surface area contributed by atoms with E-state index in [1.165, 1.54) is 8.71 Å². The van der Waals surface area contributed by atoms with Crippen LogP contribution in [-0.4, -0.2) is 35.2 Å². The Hall–Kier alpha value is -1.11. The number of aromatic nitrogens is 2. The Morgan fingerprint density at radius 2 is 2.00 bits per heavy atom. The lowest BCUT2D eigenvalue weighted by atomic mass is 10.5. The van der Waals surface area contributed by atoms with Crippen LogP contribution < -0.4 is 0 Å². The van der Waals surface area contributed by atoms with Crippen molar-refractivity contribution in [2.45, 2.75) is 18.9 Å². The van der Waals surface area contributed by atoms with E-state index in [0.717, 1.165) is 0 Å². The van der Waals surface area contributed by atoms with Gasteiger partial charge in [-0.2, -0.15) is 4.31 Å². The molecule has 0 radical (unpaired) electrons. The molecule has 0 aliphatic heterocycles. The van der Waals surface area contributed by atoms with Crippen molar-refractivity contribution < 1.29 is 8.42 Å². The zero-order chi connectivity index (χ0) is 13.3. The SMILES string of the molecule is CCN(CC)S(=O)(=O)c1c(Cl)nc2ccccn12. The number of imidazole rings is 1. The first-order chi connectivity index (χ1) is 8.52. The van der Waals surface area contributed by atoms with Crippen LogP contribution in [0.5, 0.6) is 0 Å². The molecule has 0 spiro atoms. The molecule has 0 N–H and O–H groups in total. The Bertz CT molecular complexity index is 662. The molecule has 0 fully saturated rings. The lowest BCUT2D eigenvalue weighted by molar-refractivity contribution is 0.442. The molecule has 18 heavy (non-hydrogen) atoms. The van der Waals surface area contributed by atoms with Crippen molar-refractivity contribution in [3.8, 4) is 0 Å². The smallest absolute Gasteiger partial charge is 0.262 e. The topological polar surface area (TPSA) is 54.7 Å². The van der Waals surface area contributed by atoms with Crippen molar-refractivity contribution in [2.24, 2.45) is 0 Å². The fraction of sp³-hybridized carbons (Fsp3) is 0.364. The van der Waals surface area contributed by atoms with Gasteiger partial charge in [-0.25, -0.2) is 13.4 Å². The molecular formula is C11H14ClN3O2S. The largest absolute Gasteiger partial charge is 0.288 e. The van der Waals surface area contributed by atoms with Gasteiger partial charge in [-0.3, -0.25) is 4.40 Å². The maximum Gasteiger partial charge on any atom is 0.262 e. The Labute approximate surface area is 111 Å². The van der Waals surface area contributed by atoms with Crippen LogP contribution in [0.25, 0.3) is 5.65 Å². The first-order valence-corrected chi connectivity index (χ1v) is 7.47. The minimum Gasteiger partial charge on any atom is -0.288 e. The van der Waals surface area contributed by atoms with E-state index in [1.54, 1.807) is 38.2 Å². The maximum absolute atomic E-state index is 12.5. The van der Waals surface area contributed by atoms with Gasteiger partial charge in [0.2, 0.25) is 0 Å². The van der Waals surface area contributed by atoms with Crippen molar-refractivity contribution in [1.29, 1.82) is 0 Å². The first kappa shape index (κ1) is 13.3.